The molecular weight excluding hydrogens is 330 g/mol. The Kier molecular flexibility index (Phi) is 5.35. The fourth-order valence-electron chi connectivity index (χ4n) is 3.47. The largest absolute Gasteiger partial charge is 0.497 e. The molecule has 0 fully saturated rings. The van der Waals surface area contributed by atoms with Gasteiger partial charge in [-0.1, -0.05) is 6.07 Å². The molecule has 3 rings (SSSR count). The van der Waals surface area contributed by atoms with E-state index in [1.54, 1.807) is 28.4 Å². The second kappa shape index (κ2) is 7.68. The molecule has 5 nitrogen and oxygen atoms in total. The molecule has 1 heterocycles. The predicted molar refractivity (Wildman–Crippen MR) is 102 cm³/mol. The zero-order valence-corrected chi connectivity index (χ0v) is 16.1. The van der Waals surface area contributed by atoms with Gasteiger partial charge in [0, 0.05) is 12.5 Å². The molecule has 0 saturated carbocycles. The minimum Gasteiger partial charge on any atom is -0.497 e. The first kappa shape index (κ1) is 18.1. The second-order valence-corrected chi connectivity index (χ2v) is 6.35. The minimum atomic E-state index is 0.737. The van der Waals surface area contributed by atoms with Gasteiger partial charge < -0.3 is 18.9 Å². The Labute approximate surface area is 154 Å². The molecule has 0 atom stereocenters. The number of ether oxygens (including phenoxy) is 4. The van der Waals surface area contributed by atoms with Gasteiger partial charge in [-0.25, -0.2) is 4.58 Å². The topological polar surface area (TPSA) is 39.9 Å². The van der Waals surface area contributed by atoms with Gasteiger partial charge in [0.25, 0.3) is 0 Å². The first-order valence-electron chi connectivity index (χ1n) is 8.64. The molecular formula is C21H26NO4+. The van der Waals surface area contributed by atoms with Crippen LogP contribution in [0.1, 0.15) is 16.7 Å². The molecule has 0 aromatic heterocycles. The van der Waals surface area contributed by atoms with Crippen molar-refractivity contribution in [1.82, 2.24) is 0 Å². The third kappa shape index (κ3) is 3.34. The van der Waals surface area contributed by atoms with Crippen LogP contribution in [0.4, 0.5) is 0 Å². The highest BCUT2D eigenvalue weighted by Crippen LogP contribution is 2.33. The summed E-state index contributed by atoms with van der Waals surface area (Å²) in [6.45, 7) is 0.964. The smallest absolute Gasteiger partial charge is 0.191 e. The standard InChI is InChI=1S/C21H26NO4/c1-22-9-8-15-12-16(23-2)13-20(26-5)21(15)17(22)10-14-6-7-18(24-3)19(11-14)25-4/h6-7,11-13H,8-10H2,1-5H3/q+1. The summed E-state index contributed by atoms with van der Waals surface area (Å²) < 4.78 is 24.2. The van der Waals surface area contributed by atoms with Crippen molar-refractivity contribution >= 4 is 5.71 Å². The number of rotatable bonds is 6. The Hall–Kier alpha value is -2.69. The van der Waals surface area contributed by atoms with Gasteiger partial charge in [0.15, 0.2) is 17.2 Å². The summed E-state index contributed by atoms with van der Waals surface area (Å²) >= 11 is 0. The van der Waals surface area contributed by atoms with E-state index in [4.69, 9.17) is 18.9 Å². The maximum absolute atomic E-state index is 5.68. The molecule has 0 saturated heterocycles. The average molecular weight is 356 g/mol. The van der Waals surface area contributed by atoms with Crippen LogP contribution in [0.3, 0.4) is 0 Å². The molecule has 1 aliphatic heterocycles. The highest BCUT2D eigenvalue weighted by atomic mass is 16.5. The summed E-state index contributed by atoms with van der Waals surface area (Å²) in [5.74, 6) is 3.16. The maximum Gasteiger partial charge on any atom is 0.191 e. The van der Waals surface area contributed by atoms with Gasteiger partial charge >= 0.3 is 0 Å². The molecule has 0 amide bonds. The molecule has 0 radical (unpaired) electrons. The van der Waals surface area contributed by atoms with E-state index in [-0.39, 0.29) is 0 Å². The van der Waals surface area contributed by atoms with Crippen LogP contribution in [0.5, 0.6) is 23.0 Å². The number of hydrogen-bond acceptors (Lipinski definition) is 4. The lowest BCUT2D eigenvalue weighted by molar-refractivity contribution is -0.498. The number of nitrogens with zero attached hydrogens (tertiary/aromatic N) is 1. The molecule has 2 aromatic rings. The van der Waals surface area contributed by atoms with Gasteiger partial charge in [-0.15, -0.1) is 0 Å². The predicted octanol–water partition coefficient (Wildman–Crippen LogP) is 2.95. The van der Waals surface area contributed by atoms with Crippen molar-refractivity contribution in [1.29, 1.82) is 0 Å². The van der Waals surface area contributed by atoms with E-state index in [1.807, 2.05) is 18.2 Å². The summed E-state index contributed by atoms with van der Waals surface area (Å²) in [4.78, 5) is 0. The fraction of sp³-hybridized carbons (Fsp3) is 0.381. The van der Waals surface area contributed by atoms with Crippen LogP contribution >= 0.6 is 0 Å². The number of hydrogen-bond donors (Lipinski definition) is 0. The molecule has 0 spiro atoms. The molecule has 0 N–H and O–H groups in total. The van der Waals surface area contributed by atoms with E-state index in [2.05, 4.69) is 23.8 Å². The summed E-state index contributed by atoms with van der Waals surface area (Å²) in [5.41, 5.74) is 4.82. The number of likely N-dealkylation sites (N-methyl/N-ethyl adjacent to an activating group) is 1. The van der Waals surface area contributed by atoms with E-state index >= 15 is 0 Å². The van der Waals surface area contributed by atoms with Crippen molar-refractivity contribution in [2.75, 3.05) is 42.0 Å². The normalized spacial score (nSPS) is 13.3. The minimum absolute atomic E-state index is 0.737. The van der Waals surface area contributed by atoms with E-state index < -0.39 is 0 Å². The van der Waals surface area contributed by atoms with Gasteiger partial charge in [-0.3, -0.25) is 0 Å². The van der Waals surface area contributed by atoms with E-state index in [9.17, 15) is 0 Å². The Morgan fingerprint density at radius 3 is 2.23 bits per heavy atom. The highest BCUT2D eigenvalue weighted by Gasteiger charge is 2.28. The van der Waals surface area contributed by atoms with Gasteiger partial charge in [0.2, 0.25) is 0 Å². The molecule has 26 heavy (non-hydrogen) atoms. The summed E-state index contributed by atoms with van der Waals surface area (Å²) in [5, 5.41) is 0. The second-order valence-electron chi connectivity index (χ2n) is 6.35. The lowest BCUT2D eigenvalue weighted by Gasteiger charge is -2.20. The van der Waals surface area contributed by atoms with Crippen LogP contribution in [0.2, 0.25) is 0 Å². The highest BCUT2D eigenvalue weighted by molar-refractivity contribution is 6.02. The first-order chi connectivity index (χ1) is 12.6. The summed E-state index contributed by atoms with van der Waals surface area (Å²) in [6, 6.07) is 10.1. The molecule has 2 aromatic carbocycles. The van der Waals surface area contributed by atoms with Crippen LogP contribution < -0.4 is 18.9 Å². The van der Waals surface area contributed by atoms with E-state index in [0.717, 1.165) is 53.5 Å². The van der Waals surface area contributed by atoms with Crippen molar-refractivity contribution in [3.63, 3.8) is 0 Å². The van der Waals surface area contributed by atoms with Crippen LogP contribution in [0, 0.1) is 0 Å². The fourth-order valence-corrected chi connectivity index (χ4v) is 3.47. The van der Waals surface area contributed by atoms with Crippen molar-refractivity contribution in [3.05, 3.63) is 47.0 Å². The molecule has 1 aliphatic rings. The maximum atomic E-state index is 5.68. The van der Waals surface area contributed by atoms with Crippen molar-refractivity contribution in [2.45, 2.75) is 12.8 Å². The van der Waals surface area contributed by atoms with Crippen molar-refractivity contribution in [3.8, 4) is 23.0 Å². The molecule has 0 aliphatic carbocycles. The first-order valence-corrected chi connectivity index (χ1v) is 8.64. The Balaban J connectivity index is 2.04. The zero-order valence-electron chi connectivity index (χ0n) is 16.1. The van der Waals surface area contributed by atoms with Gasteiger partial charge in [0.1, 0.15) is 25.1 Å². The van der Waals surface area contributed by atoms with Crippen LogP contribution in [0.15, 0.2) is 30.3 Å². The summed E-state index contributed by atoms with van der Waals surface area (Å²) in [6.07, 6.45) is 1.75. The monoisotopic (exact) mass is 356 g/mol. The third-order valence-corrected chi connectivity index (χ3v) is 4.90. The quantitative estimate of drug-likeness (QED) is 0.746. The Morgan fingerprint density at radius 1 is 0.846 bits per heavy atom. The van der Waals surface area contributed by atoms with Gasteiger partial charge in [0.05, 0.1) is 40.4 Å². The number of fused-ring (bicyclic) bond motifs is 1. The molecule has 0 bridgehead atoms. The number of benzene rings is 2. The van der Waals surface area contributed by atoms with Gasteiger partial charge in [-0.05, 0) is 29.3 Å². The van der Waals surface area contributed by atoms with E-state index in [0.29, 0.717) is 0 Å². The Morgan fingerprint density at radius 2 is 1.58 bits per heavy atom. The SMILES string of the molecule is COc1cc2c(c(OC)c1)C(Cc1ccc(OC)c(OC)c1)=[N+](C)CC2. The molecule has 5 heteroatoms. The van der Waals surface area contributed by atoms with E-state index in [1.165, 1.54) is 11.3 Å². The average Bonchev–Trinajstić information content (AvgIpc) is 2.68. The summed E-state index contributed by atoms with van der Waals surface area (Å²) in [7, 11) is 8.83. The van der Waals surface area contributed by atoms with Crippen molar-refractivity contribution in [2.24, 2.45) is 0 Å². The molecule has 0 unspecified atom stereocenters. The van der Waals surface area contributed by atoms with Crippen LogP contribution in [0.25, 0.3) is 0 Å². The van der Waals surface area contributed by atoms with Gasteiger partial charge in [-0.2, -0.15) is 0 Å². The van der Waals surface area contributed by atoms with Crippen LogP contribution in [-0.4, -0.2) is 52.3 Å². The zero-order chi connectivity index (χ0) is 18.7. The van der Waals surface area contributed by atoms with Crippen LogP contribution in [-0.2, 0) is 12.8 Å². The third-order valence-electron chi connectivity index (χ3n) is 4.90. The lowest BCUT2D eigenvalue weighted by atomic mass is 9.91. The van der Waals surface area contributed by atoms with Crippen molar-refractivity contribution < 1.29 is 23.5 Å². The molecule has 138 valence electrons. The Bertz CT molecular complexity index is 842. The lowest BCUT2D eigenvalue weighted by Crippen LogP contribution is -2.29. The number of methoxy groups -OCH3 is 4.